The van der Waals surface area contributed by atoms with Gasteiger partial charge in [-0.2, -0.15) is 15.2 Å². The number of halogens is 1. The van der Waals surface area contributed by atoms with Crippen molar-refractivity contribution in [2.45, 2.75) is 12.8 Å². The van der Waals surface area contributed by atoms with Crippen LogP contribution in [0.4, 0.5) is 38.9 Å². The van der Waals surface area contributed by atoms with E-state index in [1.807, 2.05) is 24.3 Å². The second-order valence-corrected chi connectivity index (χ2v) is 10.1. The third-order valence-corrected chi connectivity index (χ3v) is 7.25. The topological polar surface area (TPSA) is 125 Å². The van der Waals surface area contributed by atoms with Gasteiger partial charge in [0.15, 0.2) is 0 Å². The van der Waals surface area contributed by atoms with Crippen LogP contribution in [0.25, 0.3) is 11.0 Å². The van der Waals surface area contributed by atoms with Gasteiger partial charge in [-0.1, -0.05) is 6.07 Å². The maximum Gasteiger partial charge on any atom is 0.244 e. The fourth-order valence-corrected chi connectivity index (χ4v) is 4.69. The third-order valence-electron chi connectivity index (χ3n) is 7.25. The number of H-pyrrole nitrogens is 1. The zero-order valence-corrected chi connectivity index (χ0v) is 21.5. The Morgan fingerprint density at radius 2 is 1.79 bits per heavy atom. The molecule has 1 amide bonds. The number of aromatic nitrogens is 3. The van der Waals surface area contributed by atoms with E-state index in [0.717, 1.165) is 31.6 Å². The average Bonchev–Trinajstić information content (AvgIpc) is 3.59. The van der Waals surface area contributed by atoms with Crippen molar-refractivity contribution in [3.8, 4) is 6.07 Å². The fourth-order valence-electron chi connectivity index (χ4n) is 4.69. The van der Waals surface area contributed by atoms with Gasteiger partial charge < -0.3 is 30.7 Å². The molecule has 1 saturated carbocycles. The van der Waals surface area contributed by atoms with Gasteiger partial charge in [0.25, 0.3) is 0 Å². The van der Waals surface area contributed by atoms with E-state index >= 15 is 4.39 Å². The fraction of sp³-hybridized carbons (Fsp3) is 0.286. The summed E-state index contributed by atoms with van der Waals surface area (Å²) in [6.45, 7) is 3.36. The number of benzene rings is 2. The van der Waals surface area contributed by atoms with Crippen molar-refractivity contribution in [1.82, 2.24) is 19.9 Å². The highest BCUT2D eigenvalue weighted by molar-refractivity contribution is 5.99. The number of carbonyl (C=O) groups is 1. The number of anilines is 6. The molecule has 1 saturated heterocycles. The van der Waals surface area contributed by atoms with Gasteiger partial charge in [0.1, 0.15) is 22.7 Å². The number of hydrogen-bond acceptors (Lipinski definition) is 8. The largest absolute Gasteiger partial charge is 0.367 e. The normalized spacial score (nSPS) is 16.5. The number of aromatic amines is 1. The van der Waals surface area contributed by atoms with Crippen molar-refractivity contribution in [2.75, 3.05) is 54.1 Å². The number of likely N-dealkylation sites (N-methyl/N-ethyl adjacent to an activating group) is 1. The molecule has 2 aromatic heterocycles. The third kappa shape index (κ3) is 5.06. The summed E-state index contributed by atoms with van der Waals surface area (Å²) >= 11 is 0. The van der Waals surface area contributed by atoms with Gasteiger partial charge in [0.05, 0.1) is 17.1 Å². The van der Waals surface area contributed by atoms with E-state index < -0.39 is 5.41 Å². The zero-order valence-electron chi connectivity index (χ0n) is 21.5. The van der Waals surface area contributed by atoms with Gasteiger partial charge in [-0.05, 0) is 62.4 Å². The van der Waals surface area contributed by atoms with Crippen LogP contribution in [0.5, 0.6) is 0 Å². The summed E-state index contributed by atoms with van der Waals surface area (Å²) in [6, 6.07) is 16.3. The van der Waals surface area contributed by atoms with Crippen LogP contribution in [0.15, 0.2) is 54.7 Å². The van der Waals surface area contributed by atoms with Gasteiger partial charge in [-0.3, -0.25) is 4.79 Å². The van der Waals surface area contributed by atoms with Crippen LogP contribution in [-0.2, 0) is 4.79 Å². The molecule has 198 valence electrons. The number of nitriles is 1. The number of amides is 1. The number of fused-ring (bicyclic) bond motifs is 1. The summed E-state index contributed by atoms with van der Waals surface area (Å²) in [6.07, 6.45) is 2.93. The van der Waals surface area contributed by atoms with E-state index in [2.05, 4.69) is 53.8 Å². The Hall–Kier alpha value is -4.69. The second kappa shape index (κ2) is 9.89. The molecule has 0 atom stereocenters. The minimum absolute atomic E-state index is 0.283. The van der Waals surface area contributed by atoms with E-state index in [9.17, 15) is 10.1 Å². The van der Waals surface area contributed by atoms with Crippen LogP contribution in [-0.4, -0.2) is 59.0 Å². The molecule has 2 aliphatic rings. The molecule has 1 aliphatic heterocycles. The predicted octanol–water partition coefficient (Wildman–Crippen LogP) is 4.58. The molecule has 1 aliphatic carbocycles. The first-order valence-electron chi connectivity index (χ1n) is 12.9. The van der Waals surface area contributed by atoms with Crippen molar-refractivity contribution >= 4 is 51.5 Å². The van der Waals surface area contributed by atoms with Crippen LogP contribution >= 0.6 is 0 Å². The summed E-state index contributed by atoms with van der Waals surface area (Å²) in [5.41, 5.74) is 2.11. The lowest BCUT2D eigenvalue weighted by molar-refractivity contribution is -0.119. The smallest absolute Gasteiger partial charge is 0.244 e. The molecule has 0 spiro atoms. The number of piperazine rings is 1. The van der Waals surface area contributed by atoms with Crippen LogP contribution < -0.4 is 20.9 Å². The first-order chi connectivity index (χ1) is 18.9. The van der Waals surface area contributed by atoms with Gasteiger partial charge in [-0.25, -0.2) is 4.39 Å². The molecule has 3 heterocycles. The molecule has 0 radical (unpaired) electrons. The van der Waals surface area contributed by atoms with Crippen molar-refractivity contribution in [3.05, 3.63) is 60.5 Å². The lowest BCUT2D eigenvalue weighted by Gasteiger charge is -2.34. The maximum atomic E-state index is 15.0. The second-order valence-electron chi connectivity index (χ2n) is 10.1. The number of nitrogens with zero attached hydrogens (tertiary/aromatic N) is 5. The Morgan fingerprint density at radius 1 is 1.03 bits per heavy atom. The van der Waals surface area contributed by atoms with Crippen LogP contribution in [0.1, 0.15) is 12.8 Å². The highest BCUT2D eigenvalue weighted by Gasteiger charge is 2.50. The van der Waals surface area contributed by atoms with E-state index in [0.29, 0.717) is 53.0 Å². The monoisotopic (exact) mass is 525 g/mol. The van der Waals surface area contributed by atoms with Crippen molar-refractivity contribution in [2.24, 2.45) is 5.41 Å². The van der Waals surface area contributed by atoms with Crippen LogP contribution in [0, 0.1) is 22.6 Å². The molecule has 6 rings (SSSR count). The SMILES string of the molecule is CN1CCN(c2ccc(Nc3nc(Nc4cccc(NC(=O)C5(C#N)CC5)c4)c4cc[nH]c4n3)cc2F)CC1. The van der Waals surface area contributed by atoms with E-state index in [1.54, 1.807) is 24.4 Å². The molecule has 4 N–H and O–H groups in total. The Balaban J connectivity index is 1.21. The van der Waals surface area contributed by atoms with Gasteiger partial charge in [0, 0.05) is 49.4 Å². The molecule has 10 nitrogen and oxygen atoms in total. The standard InChI is InChI=1S/C28H28FN9O/c1-37-11-13-38(14-12-37)23-6-5-20(16-22(23)29)34-27-35-24-21(7-10-31-24)25(36-27)32-18-3-2-4-19(15-18)33-26(39)28(17-30)8-9-28/h2-7,10,15-16H,8-9,11-14H2,1H3,(H,33,39)(H3,31,32,34,35,36). The van der Waals surface area contributed by atoms with Crippen molar-refractivity contribution in [1.29, 1.82) is 5.26 Å². The Morgan fingerprint density at radius 3 is 2.54 bits per heavy atom. The molecule has 0 bridgehead atoms. The van der Waals surface area contributed by atoms with Gasteiger partial charge >= 0.3 is 0 Å². The molecular weight excluding hydrogens is 497 g/mol. The minimum Gasteiger partial charge on any atom is -0.367 e. The predicted molar refractivity (Wildman–Crippen MR) is 149 cm³/mol. The average molecular weight is 526 g/mol. The molecule has 11 heteroatoms. The summed E-state index contributed by atoms with van der Waals surface area (Å²) < 4.78 is 15.0. The number of nitrogens with one attached hydrogen (secondary N) is 4. The summed E-state index contributed by atoms with van der Waals surface area (Å²) in [7, 11) is 2.07. The molecule has 2 aromatic carbocycles. The Bertz CT molecular complexity index is 1580. The molecule has 0 unspecified atom stereocenters. The number of rotatable bonds is 7. The highest BCUT2D eigenvalue weighted by atomic mass is 19.1. The summed E-state index contributed by atoms with van der Waals surface area (Å²) in [4.78, 5) is 29.1. The summed E-state index contributed by atoms with van der Waals surface area (Å²) in [5, 5.41) is 19.3. The van der Waals surface area contributed by atoms with Crippen molar-refractivity contribution in [3.63, 3.8) is 0 Å². The first-order valence-corrected chi connectivity index (χ1v) is 12.9. The van der Waals surface area contributed by atoms with Gasteiger partial charge in [-0.15, -0.1) is 0 Å². The van der Waals surface area contributed by atoms with Gasteiger partial charge in [0.2, 0.25) is 11.9 Å². The minimum atomic E-state index is -0.907. The first kappa shape index (κ1) is 24.6. The molecule has 2 fully saturated rings. The van der Waals surface area contributed by atoms with E-state index in [1.165, 1.54) is 6.07 Å². The lowest BCUT2D eigenvalue weighted by Crippen LogP contribution is -2.44. The Labute approximate surface area is 224 Å². The molecular formula is C28H28FN9O. The zero-order chi connectivity index (χ0) is 27.0. The maximum absolute atomic E-state index is 15.0. The van der Waals surface area contributed by atoms with Crippen molar-refractivity contribution < 1.29 is 9.18 Å². The quantitative estimate of drug-likeness (QED) is 0.276. The highest BCUT2D eigenvalue weighted by Crippen LogP contribution is 2.45. The Kier molecular flexibility index (Phi) is 6.24. The molecule has 39 heavy (non-hydrogen) atoms. The van der Waals surface area contributed by atoms with Crippen LogP contribution in [0.3, 0.4) is 0 Å². The lowest BCUT2D eigenvalue weighted by atomic mass is 10.1. The van der Waals surface area contributed by atoms with E-state index in [4.69, 9.17) is 0 Å². The summed E-state index contributed by atoms with van der Waals surface area (Å²) in [5.74, 6) is 0.257. The number of hydrogen-bond donors (Lipinski definition) is 4. The molecule has 4 aromatic rings. The van der Waals surface area contributed by atoms with E-state index in [-0.39, 0.29) is 11.7 Å². The van der Waals surface area contributed by atoms with Crippen LogP contribution in [0.2, 0.25) is 0 Å². The number of carbonyl (C=O) groups excluding carboxylic acids is 1.